The van der Waals surface area contributed by atoms with Gasteiger partial charge in [-0.1, -0.05) is 29.8 Å². The van der Waals surface area contributed by atoms with E-state index in [1.807, 2.05) is 6.07 Å². The van der Waals surface area contributed by atoms with Crippen LogP contribution in [0.3, 0.4) is 0 Å². The molecule has 0 aromatic heterocycles. The summed E-state index contributed by atoms with van der Waals surface area (Å²) in [6.45, 7) is 0. The largest absolute Gasteiger partial charge is 0.493 e. The molecule has 0 aliphatic carbocycles. The molecular weight excluding hydrogens is 292 g/mol. The van der Waals surface area contributed by atoms with Crippen LogP contribution in [0.2, 0.25) is 5.02 Å². The van der Waals surface area contributed by atoms with Crippen LogP contribution in [-0.2, 0) is 0 Å². The van der Waals surface area contributed by atoms with Crippen molar-refractivity contribution in [2.45, 2.75) is 0 Å². The Morgan fingerprint density at radius 1 is 1.29 bits per heavy atom. The molecule has 21 heavy (non-hydrogen) atoms. The zero-order valence-electron chi connectivity index (χ0n) is 11.2. The van der Waals surface area contributed by atoms with Crippen molar-refractivity contribution in [3.63, 3.8) is 0 Å². The van der Waals surface area contributed by atoms with Crippen LogP contribution in [0.15, 0.2) is 47.6 Å². The summed E-state index contributed by atoms with van der Waals surface area (Å²) in [5, 5.41) is 3.64. The molecule has 0 spiro atoms. The summed E-state index contributed by atoms with van der Waals surface area (Å²) in [5.74, 6) is 5.06. The molecular formula is C15H13ClN2O3. The van der Waals surface area contributed by atoms with Gasteiger partial charge in [-0.15, -0.1) is 0 Å². The quantitative estimate of drug-likeness (QED) is 0.310. The number of nitrogens with zero attached hydrogens (tertiary/aromatic N) is 1. The number of hydrogen-bond acceptors (Lipinski definition) is 5. The molecule has 0 unspecified atom stereocenters. The molecule has 2 aromatic carbocycles. The standard InChI is InChI=1S/C15H13ClN2O3/c1-20-13-8-10(9-18-17)7-12(16)14(13)21-15(19)11-5-3-2-4-6-11/h2-9H,17H2,1H3. The normalized spacial score (nSPS) is 10.6. The third kappa shape index (κ3) is 3.52. The predicted octanol–water partition coefficient (Wildman–Crippen LogP) is 2.86. The first-order chi connectivity index (χ1) is 10.2. The molecule has 2 N–H and O–H groups in total. The lowest BCUT2D eigenvalue weighted by Gasteiger charge is -2.11. The lowest BCUT2D eigenvalue weighted by Crippen LogP contribution is -2.09. The molecule has 0 aliphatic rings. The molecule has 0 heterocycles. The number of halogens is 1. The Kier molecular flexibility index (Phi) is 4.79. The summed E-state index contributed by atoms with van der Waals surface area (Å²) < 4.78 is 10.5. The fourth-order valence-corrected chi connectivity index (χ4v) is 1.98. The molecule has 0 amide bonds. The van der Waals surface area contributed by atoms with Gasteiger partial charge in [-0.25, -0.2) is 4.79 Å². The van der Waals surface area contributed by atoms with Gasteiger partial charge < -0.3 is 15.3 Å². The van der Waals surface area contributed by atoms with E-state index in [2.05, 4.69) is 5.10 Å². The highest BCUT2D eigenvalue weighted by Crippen LogP contribution is 2.36. The van der Waals surface area contributed by atoms with Gasteiger partial charge in [0, 0.05) is 0 Å². The first-order valence-corrected chi connectivity index (χ1v) is 6.41. The molecule has 108 valence electrons. The maximum Gasteiger partial charge on any atom is 0.343 e. The summed E-state index contributed by atoms with van der Waals surface area (Å²) in [6.07, 6.45) is 1.41. The number of benzene rings is 2. The minimum Gasteiger partial charge on any atom is -0.493 e. The summed E-state index contributed by atoms with van der Waals surface area (Å²) in [7, 11) is 1.45. The zero-order valence-corrected chi connectivity index (χ0v) is 12.0. The van der Waals surface area contributed by atoms with E-state index < -0.39 is 5.97 Å². The fourth-order valence-electron chi connectivity index (χ4n) is 1.73. The molecule has 6 heteroatoms. The second kappa shape index (κ2) is 6.76. The van der Waals surface area contributed by atoms with Crippen molar-refractivity contribution in [2.75, 3.05) is 7.11 Å². The molecule has 0 saturated carbocycles. The second-order valence-electron chi connectivity index (χ2n) is 4.07. The summed E-state index contributed by atoms with van der Waals surface area (Å²) >= 11 is 6.12. The number of hydrazone groups is 1. The Morgan fingerprint density at radius 2 is 2.00 bits per heavy atom. The highest BCUT2D eigenvalue weighted by Gasteiger charge is 2.16. The van der Waals surface area contributed by atoms with Gasteiger partial charge in [-0.2, -0.15) is 5.10 Å². The SMILES string of the molecule is COc1cc(C=NN)cc(Cl)c1OC(=O)c1ccccc1. The Hall–Kier alpha value is -2.53. The lowest BCUT2D eigenvalue weighted by molar-refractivity contribution is 0.0730. The van der Waals surface area contributed by atoms with E-state index in [0.29, 0.717) is 16.9 Å². The van der Waals surface area contributed by atoms with Crippen LogP contribution in [0.4, 0.5) is 0 Å². The van der Waals surface area contributed by atoms with Crippen LogP contribution in [0.25, 0.3) is 0 Å². The molecule has 2 rings (SSSR count). The van der Waals surface area contributed by atoms with E-state index in [4.69, 9.17) is 26.9 Å². The van der Waals surface area contributed by atoms with Crippen LogP contribution in [0, 0.1) is 0 Å². The van der Waals surface area contributed by atoms with Gasteiger partial charge in [0.1, 0.15) is 0 Å². The summed E-state index contributed by atoms with van der Waals surface area (Å²) in [4.78, 5) is 12.1. The van der Waals surface area contributed by atoms with Gasteiger partial charge in [0.2, 0.25) is 0 Å². The average Bonchev–Trinajstić information content (AvgIpc) is 2.50. The van der Waals surface area contributed by atoms with Gasteiger partial charge in [0.15, 0.2) is 11.5 Å². The first kappa shape index (κ1) is 14.9. The van der Waals surface area contributed by atoms with Crippen LogP contribution in [-0.4, -0.2) is 19.3 Å². The van der Waals surface area contributed by atoms with Gasteiger partial charge in [-0.05, 0) is 29.8 Å². The monoisotopic (exact) mass is 304 g/mol. The first-order valence-electron chi connectivity index (χ1n) is 6.03. The van der Waals surface area contributed by atoms with Crippen LogP contribution >= 0.6 is 11.6 Å². The van der Waals surface area contributed by atoms with E-state index in [1.54, 1.807) is 36.4 Å². The molecule has 0 fully saturated rings. The minimum atomic E-state index is -0.518. The zero-order chi connectivity index (χ0) is 15.2. The van der Waals surface area contributed by atoms with E-state index in [-0.39, 0.29) is 10.8 Å². The fraction of sp³-hybridized carbons (Fsp3) is 0.0667. The predicted molar refractivity (Wildman–Crippen MR) is 81.2 cm³/mol. The van der Waals surface area contributed by atoms with Crippen molar-refractivity contribution in [3.8, 4) is 11.5 Å². The number of esters is 1. The molecule has 5 nitrogen and oxygen atoms in total. The third-order valence-electron chi connectivity index (χ3n) is 2.68. The molecule has 0 radical (unpaired) electrons. The lowest BCUT2D eigenvalue weighted by atomic mass is 10.2. The van der Waals surface area contributed by atoms with Crippen LogP contribution in [0.1, 0.15) is 15.9 Å². The minimum absolute atomic E-state index is 0.155. The summed E-state index contributed by atoms with van der Waals surface area (Å²) in [5.41, 5.74) is 1.06. The van der Waals surface area contributed by atoms with E-state index in [0.717, 1.165) is 0 Å². The van der Waals surface area contributed by atoms with Crippen molar-refractivity contribution < 1.29 is 14.3 Å². The second-order valence-corrected chi connectivity index (χ2v) is 4.48. The maximum atomic E-state index is 12.1. The third-order valence-corrected chi connectivity index (χ3v) is 2.96. The highest BCUT2D eigenvalue weighted by molar-refractivity contribution is 6.32. The Balaban J connectivity index is 2.33. The number of methoxy groups -OCH3 is 1. The number of hydrogen-bond donors (Lipinski definition) is 1. The Labute approximate surface area is 126 Å². The van der Waals surface area contributed by atoms with Crippen molar-refractivity contribution >= 4 is 23.8 Å². The van der Waals surface area contributed by atoms with E-state index >= 15 is 0 Å². The Morgan fingerprint density at radius 3 is 2.62 bits per heavy atom. The number of nitrogens with two attached hydrogens (primary N) is 1. The molecule has 0 atom stereocenters. The van der Waals surface area contributed by atoms with Gasteiger partial charge in [0.05, 0.1) is 23.9 Å². The van der Waals surface area contributed by atoms with Crippen molar-refractivity contribution in [3.05, 3.63) is 58.6 Å². The van der Waals surface area contributed by atoms with Crippen molar-refractivity contribution in [1.29, 1.82) is 0 Å². The molecule has 2 aromatic rings. The van der Waals surface area contributed by atoms with Gasteiger partial charge in [0.25, 0.3) is 0 Å². The van der Waals surface area contributed by atoms with Crippen LogP contribution in [0.5, 0.6) is 11.5 Å². The van der Waals surface area contributed by atoms with Crippen LogP contribution < -0.4 is 15.3 Å². The van der Waals surface area contributed by atoms with Crippen molar-refractivity contribution in [1.82, 2.24) is 0 Å². The topological polar surface area (TPSA) is 73.9 Å². The van der Waals surface area contributed by atoms with Crippen molar-refractivity contribution in [2.24, 2.45) is 10.9 Å². The van der Waals surface area contributed by atoms with E-state index in [9.17, 15) is 4.79 Å². The smallest absolute Gasteiger partial charge is 0.343 e. The average molecular weight is 305 g/mol. The van der Waals surface area contributed by atoms with Gasteiger partial charge in [-0.3, -0.25) is 0 Å². The molecule has 0 aliphatic heterocycles. The number of ether oxygens (including phenoxy) is 2. The van der Waals surface area contributed by atoms with Gasteiger partial charge >= 0.3 is 5.97 Å². The summed E-state index contributed by atoms with van der Waals surface area (Å²) in [6, 6.07) is 11.8. The number of rotatable bonds is 4. The molecule has 0 bridgehead atoms. The van der Waals surface area contributed by atoms with E-state index in [1.165, 1.54) is 13.3 Å². The Bertz CT molecular complexity index is 672. The maximum absolute atomic E-state index is 12.1. The molecule has 0 saturated heterocycles. The number of carbonyl (C=O) groups excluding carboxylic acids is 1. The number of carbonyl (C=O) groups is 1. The highest BCUT2D eigenvalue weighted by atomic mass is 35.5.